The van der Waals surface area contributed by atoms with Crippen molar-refractivity contribution in [3.05, 3.63) is 113 Å². The molecule has 1 aromatic heterocycles. The number of halogens is 3. The third kappa shape index (κ3) is 6.08. The Labute approximate surface area is 213 Å². The molecule has 5 nitrogen and oxygen atoms in total. The van der Waals surface area contributed by atoms with Crippen molar-refractivity contribution >= 4 is 5.69 Å². The molecule has 0 aliphatic carbocycles. The van der Waals surface area contributed by atoms with Gasteiger partial charge in [0.25, 0.3) is 0 Å². The van der Waals surface area contributed by atoms with E-state index in [4.69, 9.17) is 15.7 Å². The predicted molar refractivity (Wildman–Crippen MR) is 137 cm³/mol. The van der Waals surface area contributed by atoms with Gasteiger partial charge < -0.3 is 15.8 Å². The van der Waals surface area contributed by atoms with Crippen molar-refractivity contribution in [2.45, 2.75) is 32.8 Å². The largest absolute Gasteiger partial charge is 0.488 e. The summed E-state index contributed by atoms with van der Waals surface area (Å²) in [6, 6.07) is 20.5. The Kier molecular flexibility index (Phi) is 7.75. The quantitative estimate of drug-likeness (QED) is 0.284. The Morgan fingerprint density at radius 3 is 2.49 bits per heavy atom. The zero-order chi connectivity index (χ0) is 26.4. The molecule has 0 unspecified atom stereocenters. The van der Waals surface area contributed by atoms with Gasteiger partial charge in [-0.2, -0.15) is 18.4 Å². The summed E-state index contributed by atoms with van der Waals surface area (Å²) in [5.74, 6) is 0.507. The first-order valence-electron chi connectivity index (χ1n) is 11.6. The topological polar surface area (TPSA) is 84.0 Å². The SMILES string of the molecule is Cc1cc(CN)c(OCc2cncc(C#N)c2)cc1NCc1cccc(-c2ccccc2)c1C(F)(F)F. The van der Waals surface area contributed by atoms with Crippen LogP contribution < -0.4 is 15.8 Å². The number of hydrogen-bond donors (Lipinski definition) is 2. The van der Waals surface area contributed by atoms with E-state index in [1.54, 1.807) is 54.7 Å². The molecule has 0 aliphatic heterocycles. The van der Waals surface area contributed by atoms with Gasteiger partial charge in [0.2, 0.25) is 0 Å². The van der Waals surface area contributed by atoms with E-state index in [-0.39, 0.29) is 30.8 Å². The van der Waals surface area contributed by atoms with Crippen LogP contribution in [0.3, 0.4) is 0 Å². The molecule has 0 bridgehead atoms. The van der Waals surface area contributed by atoms with Crippen LogP contribution >= 0.6 is 0 Å². The first-order chi connectivity index (χ1) is 17.8. The van der Waals surface area contributed by atoms with Crippen LogP contribution in [0.4, 0.5) is 18.9 Å². The lowest BCUT2D eigenvalue weighted by atomic mass is 9.94. The molecule has 0 aliphatic rings. The Balaban J connectivity index is 1.61. The lowest BCUT2D eigenvalue weighted by molar-refractivity contribution is -0.137. The number of hydrogen-bond acceptors (Lipinski definition) is 5. The number of nitriles is 1. The molecular weight excluding hydrogens is 477 g/mol. The molecule has 37 heavy (non-hydrogen) atoms. The summed E-state index contributed by atoms with van der Waals surface area (Å²) in [4.78, 5) is 4.03. The molecule has 0 spiro atoms. The van der Waals surface area contributed by atoms with Gasteiger partial charge in [-0.05, 0) is 41.3 Å². The van der Waals surface area contributed by atoms with E-state index < -0.39 is 11.7 Å². The Morgan fingerprint density at radius 2 is 1.78 bits per heavy atom. The average Bonchev–Trinajstić information content (AvgIpc) is 2.91. The van der Waals surface area contributed by atoms with E-state index in [1.165, 1.54) is 18.3 Å². The minimum absolute atomic E-state index is 0.0358. The van der Waals surface area contributed by atoms with Gasteiger partial charge in [0.15, 0.2) is 0 Å². The van der Waals surface area contributed by atoms with Crippen LogP contribution in [-0.2, 0) is 25.9 Å². The highest BCUT2D eigenvalue weighted by Crippen LogP contribution is 2.40. The number of aromatic nitrogens is 1. The van der Waals surface area contributed by atoms with Crippen LogP contribution in [-0.4, -0.2) is 4.98 Å². The van der Waals surface area contributed by atoms with E-state index in [2.05, 4.69) is 10.3 Å². The molecule has 1 heterocycles. The highest BCUT2D eigenvalue weighted by Gasteiger charge is 2.36. The number of benzene rings is 3. The van der Waals surface area contributed by atoms with E-state index in [9.17, 15) is 13.2 Å². The molecule has 3 N–H and O–H groups in total. The Morgan fingerprint density at radius 1 is 1.00 bits per heavy atom. The summed E-state index contributed by atoms with van der Waals surface area (Å²) in [7, 11) is 0. The van der Waals surface area contributed by atoms with Crippen molar-refractivity contribution in [1.82, 2.24) is 4.98 Å². The van der Waals surface area contributed by atoms with E-state index in [1.807, 2.05) is 19.1 Å². The summed E-state index contributed by atoms with van der Waals surface area (Å²) in [6.07, 6.45) is -1.46. The molecule has 0 fully saturated rings. The molecule has 0 amide bonds. The van der Waals surface area contributed by atoms with Crippen molar-refractivity contribution in [2.75, 3.05) is 5.32 Å². The number of nitrogens with one attached hydrogen (secondary N) is 1. The van der Waals surface area contributed by atoms with Gasteiger partial charge in [-0.25, -0.2) is 0 Å². The maximum Gasteiger partial charge on any atom is 0.417 e. The standard InChI is InChI=1S/C29H25F3N4O/c1-19-10-24(14-34)27(37-18-21-11-20(13-33)15-35-16-21)12-26(19)36-17-23-8-5-9-25(28(23)29(30,31)32)22-6-3-2-4-7-22/h2-12,15-16,36H,14,17-18,34H2,1H3. The van der Waals surface area contributed by atoms with Gasteiger partial charge in [0.05, 0.1) is 11.1 Å². The number of pyridine rings is 1. The lowest BCUT2D eigenvalue weighted by Gasteiger charge is -2.20. The normalized spacial score (nSPS) is 11.1. The molecule has 0 saturated carbocycles. The summed E-state index contributed by atoms with van der Waals surface area (Å²) >= 11 is 0. The van der Waals surface area contributed by atoms with Crippen molar-refractivity contribution in [3.63, 3.8) is 0 Å². The van der Waals surface area contributed by atoms with Crippen molar-refractivity contribution in [3.8, 4) is 22.9 Å². The van der Waals surface area contributed by atoms with Crippen LogP contribution in [0, 0.1) is 18.3 Å². The first-order valence-corrected chi connectivity index (χ1v) is 11.6. The minimum atomic E-state index is -4.53. The molecule has 188 valence electrons. The molecule has 4 aromatic rings. The second kappa shape index (κ2) is 11.1. The van der Waals surface area contributed by atoms with Crippen molar-refractivity contribution < 1.29 is 17.9 Å². The van der Waals surface area contributed by atoms with Crippen LogP contribution in [0.5, 0.6) is 5.75 Å². The molecular formula is C29H25F3N4O. The number of alkyl halides is 3. The monoisotopic (exact) mass is 502 g/mol. The number of anilines is 1. The molecule has 4 rings (SSSR count). The molecule has 8 heteroatoms. The lowest BCUT2D eigenvalue weighted by Crippen LogP contribution is -2.14. The molecule has 0 atom stereocenters. The van der Waals surface area contributed by atoms with Gasteiger partial charge in [0, 0.05) is 48.4 Å². The highest BCUT2D eigenvalue weighted by molar-refractivity contribution is 5.70. The van der Waals surface area contributed by atoms with Gasteiger partial charge >= 0.3 is 6.18 Å². The second-order valence-corrected chi connectivity index (χ2v) is 8.52. The van der Waals surface area contributed by atoms with Gasteiger partial charge in [-0.15, -0.1) is 0 Å². The van der Waals surface area contributed by atoms with E-state index in [0.717, 1.165) is 11.1 Å². The number of ether oxygens (including phenoxy) is 1. The van der Waals surface area contributed by atoms with Crippen LogP contribution in [0.25, 0.3) is 11.1 Å². The van der Waals surface area contributed by atoms with Crippen LogP contribution in [0.15, 0.2) is 79.1 Å². The average molecular weight is 503 g/mol. The third-order valence-electron chi connectivity index (χ3n) is 5.93. The fourth-order valence-electron chi connectivity index (χ4n) is 4.15. The maximum absolute atomic E-state index is 14.2. The minimum Gasteiger partial charge on any atom is -0.488 e. The van der Waals surface area contributed by atoms with Gasteiger partial charge in [-0.1, -0.05) is 48.5 Å². The van der Waals surface area contributed by atoms with Gasteiger partial charge in [0.1, 0.15) is 18.4 Å². The Bertz CT molecular complexity index is 1430. The smallest absolute Gasteiger partial charge is 0.417 e. The van der Waals surface area contributed by atoms with Gasteiger partial charge in [-0.3, -0.25) is 4.98 Å². The molecule has 3 aromatic carbocycles. The van der Waals surface area contributed by atoms with Crippen molar-refractivity contribution in [2.24, 2.45) is 5.73 Å². The van der Waals surface area contributed by atoms with Crippen LogP contribution in [0.2, 0.25) is 0 Å². The highest BCUT2D eigenvalue weighted by atomic mass is 19.4. The third-order valence-corrected chi connectivity index (χ3v) is 5.93. The van der Waals surface area contributed by atoms with E-state index in [0.29, 0.717) is 28.1 Å². The van der Waals surface area contributed by atoms with Crippen LogP contribution in [0.1, 0.15) is 33.4 Å². The predicted octanol–water partition coefficient (Wildman–Crippen LogP) is 6.60. The number of nitrogens with two attached hydrogens (primary N) is 1. The summed E-state index contributed by atoms with van der Waals surface area (Å²) < 4.78 is 48.5. The Hall–Kier alpha value is -4.35. The van der Waals surface area contributed by atoms with E-state index >= 15 is 0 Å². The summed E-state index contributed by atoms with van der Waals surface area (Å²) in [6.45, 7) is 2.21. The first kappa shape index (κ1) is 25.7. The maximum atomic E-state index is 14.2. The van der Waals surface area contributed by atoms with Crippen molar-refractivity contribution in [1.29, 1.82) is 5.26 Å². The summed E-state index contributed by atoms with van der Waals surface area (Å²) in [5.41, 5.74) is 9.38. The molecule has 0 saturated heterocycles. The zero-order valence-electron chi connectivity index (χ0n) is 20.1. The fourth-order valence-corrected chi connectivity index (χ4v) is 4.15. The zero-order valence-corrected chi connectivity index (χ0v) is 20.1. The summed E-state index contributed by atoms with van der Waals surface area (Å²) in [5, 5.41) is 12.2. The number of nitrogens with zero attached hydrogens (tertiary/aromatic N) is 2. The fraction of sp³-hybridized carbons (Fsp3) is 0.172. The number of aryl methyl sites for hydroxylation is 1. The second-order valence-electron chi connectivity index (χ2n) is 8.52. The molecule has 0 radical (unpaired) electrons. The number of rotatable bonds is 8.